The first-order valence-corrected chi connectivity index (χ1v) is 6.44. The predicted octanol–water partition coefficient (Wildman–Crippen LogP) is 2.25. The van der Waals surface area contributed by atoms with Gasteiger partial charge in [0.05, 0.1) is 0 Å². The van der Waals surface area contributed by atoms with Gasteiger partial charge in [-0.15, -0.1) is 0 Å². The summed E-state index contributed by atoms with van der Waals surface area (Å²) in [6.07, 6.45) is 6.10. The van der Waals surface area contributed by atoms with Crippen LogP contribution in [0.2, 0.25) is 0 Å². The summed E-state index contributed by atoms with van der Waals surface area (Å²) in [5.74, 6) is 0.633. The van der Waals surface area contributed by atoms with Crippen molar-refractivity contribution in [1.82, 2.24) is 5.32 Å². The Kier molecular flexibility index (Phi) is 3.24. The summed E-state index contributed by atoms with van der Waals surface area (Å²) in [5.41, 5.74) is -0.369. The molecular weight excluding hydrogens is 202 g/mol. The number of hydrogen-bond donors (Lipinski definition) is 1. The van der Waals surface area contributed by atoms with Gasteiger partial charge in [0.15, 0.2) is 0 Å². The van der Waals surface area contributed by atoms with Gasteiger partial charge in [0.25, 0.3) is 0 Å². The zero-order valence-corrected chi connectivity index (χ0v) is 10.6. The number of carbonyl (C=O) groups is 1. The summed E-state index contributed by atoms with van der Waals surface area (Å²) in [6, 6.07) is 0.499. The molecule has 0 aromatic carbocycles. The van der Waals surface area contributed by atoms with Crippen molar-refractivity contribution in [3.63, 3.8) is 0 Å². The molecule has 0 radical (unpaired) electrons. The lowest BCUT2D eigenvalue weighted by molar-refractivity contribution is -0.157. The highest BCUT2D eigenvalue weighted by molar-refractivity contribution is 5.76. The molecule has 1 aliphatic carbocycles. The molecule has 2 aliphatic rings. The van der Waals surface area contributed by atoms with Crippen LogP contribution in [0, 0.1) is 5.92 Å². The van der Waals surface area contributed by atoms with E-state index in [0.717, 1.165) is 6.42 Å². The highest BCUT2D eigenvalue weighted by Crippen LogP contribution is 2.33. The van der Waals surface area contributed by atoms with Crippen molar-refractivity contribution in [2.24, 2.45) is 5.92 Å². The highest BCUT2D eigenvalue weighted by atomic mass is 16.6. The Bertz CT molecular complexity index is 256. The molecule has 16 heavy (non-hydrogen) atoms. The maximum Gasteiger partial charge on any atom is 0.323 e. The summed E-state index contributed by atoms with van der Waals surface area (Å²) in [6.45, 7) is 5.77. The standard InChI is InChI=1S/C13H23NO2/c1-13(2,3)16-12(15)11-8-9-6-4-5-7-10(9)14-11/h9-11,14H,4-8H2,1-3H3/t9-,10+,11-/m1/s1. The monoisotopic (exact) mass is 225 g/mol. The van der Waals surface area contributed by atoms with Gasteiger partial charge in [-0.2, -0.15) is 0 Å². The largest absolute Gasteiger partial charge is 0.459 e. The van der Waals surface area contributed by atoms with Crippen LogP contribution in [-0.4, -0.2) is 23.7 Å². The Morgan fingerprint density at radius 2 is 1.94 bits per heavy atom. The molecule has 0 aromatic heterocycles. The van der Waals surface area contributed by atoms with E-state index in [-0.39, 0.29) is 17.6 Å². The topological polar surface area (TPSA) is 38.3 Å². The van der Waals surface area contributed by atoms with Crippen molar-refractivity contribution < 1.29 is 9.53 Å². The fourth-order valence-corrected chi connectivity index (χ4v) is 2.88. The van der Waals surface area contributed by atoms with E-state index in [4.69, 9.17) is 4.74 Å². The smallest absolute Gasteiger partial charge is 0.323 e. The lowest BCUT2D eigenvalue weighted by Gasteiger charge is -2.24. The molecule has 1 aliphatic heterocycles. The molecular formula is C13H23NO2. The quantitative estimate of drug-likeness (QED) is 0.696. The number of hydrogen-bond acceptors (Lipinski definition) is 3. The van der Waals surface area contributed by atoms with E-state index in [1.807, 2.05) is 20.8 Å². The van der Waals surface area contributed by atoms with Gasteiger partial charge in [-0.25, -0.2) is 0 Å². The summed E-state index contributed by atoms with van der Waals surface area (Å²) in [4.78, 5) is 11.9. The number of esters is 1. The van der Waals surface area contributed by atoms with Crippen molar-refractivity contribution in [2.75, 3.05) is 0 Å². The summed E-state index contributed by atoms with van der Waals surface area (Å²) in [7, 11) is 0. The van der Waals surface area contributed by atoms with Gasteiger partial charge in [-0.3, -0.25) is 4.79 Å². The minimum Gasteiger partial charge on any atom is -0.459 e. The first-order chi connectivity index (χ1) is 7.46. The Balaban J connectivity index is 1.90. The van der Waals surface area contributed by atoms with Crippen LogP contribution < -0.4 is 5.32 Å². The molecule has 2 fully saturated rings. The van der Waals surface area contributed by atoms with Gasteiger partial charge >= 0.3 is 5.97 Å². The van der Waals surface area contributed by atoms with Crippen LogP contribution in [0.3, 0.4) is 0 Å². The molecule has 0 bridgehead atoms. The minimum atomic E-state index is -0.369. The van der Waals surface area contributed by atoms with Crippen LogP contribution in [0.4, 0.5) is 0 Å². The zero-order valence-electron chi connectivity index (χ0n) is 10.6. The van der Waals surface area contributed by atoms with Gasteiger partial charge in [0.2, 0.25) is 0 Å². The van der Waals surface area contributed by atoms with Crippen molar-refractivity contribution in [3.05, 3.63) is 0 Å². The van der Waals surface area contributed by atoms with Gasteiger partial charge in [0, 0.05) is 6.04 Å². The molecule has 0 unspecified atom stereocenters. The van der Waals surface area contributed by atoms with Crippen LogP contribution in [0.15, 0.2) is 0 Å². The number of nitrogens with one attached hydrogen (secondary N) is 1. The van der Waals surface area contributed by atoms with Crippen LogP contribution in [-0.2, 0) is 9.53 Å². The van der Waals surface area contributed by atoms with Gasteiger partial charge in [-0.05, 0) is 46.0 Å². The average Bonchev–Trinajstić information content (AvgIpc) is 2.58. The lowest BCUT2D eigenvalue weighted by atomic mass is 9.85. The predicted molar refractivity (Wildman–Crippen MR) is 63.1 cm³/mol. The van der Waals surface area contributed by atoms with Crippen LogP contribution in [0.5, 0.6) is 0 Å². The van der Waals surface area contributed by atoms with Crippen molar-refractivity contribution >= 4 is 5.97 Å². The molecule has 3 nitrogen and oxygen atoms in total. The summed E-state index contributed by atoms with van der Waals surface area (Å²) >= 11 is 0. The molecule has 2 rings (SSSR count). The molecule has 3 atom stereocenters. The van der Waals surface area contributed by atoms with E-state index < -0.39 is 0 Å². The fraction of sp³-hybridized carbons (Fsp3) is 0.923. The number of rotatable bonds is 1. The number of fused-ring (bicyclic) bond motifs is 1. The average molecular weight is 225 g/mol. The van der Waals surface area contributed by atoms with Crippen LogP contribution in [0.25, 0.3) is 0 Å². The third kappa shape index (κ3) is 2.76. The van der Waals surface area contributed by atoms with Crippen LogP contribution >= 0.6 is 0 Å². The molecule has 1 N–H and O–H groups in total. The molecule has 0 aromatic rings. The van der Waals surface area contributed by atoms with Crippen LogP contribution in [0.1, 0.15) is 52.9 Å². The van der Waals surface area contributed by atoms with Gasteiger partial charge < -0.3 is 10.1 Å². The molecule has 1 saturated carbocycles. The van der Waals surface area contributed by atoms with E-state index in [0.29, 0.717) is 12.0 Å². The first-order valence-electron chi connectivity index (χ1n) is 6.44. The lowest BCUT2D eigenvalue weighted by Crippen LogP contribution is -2.40. The Labute approximate surface area is 97.9 Å². The first kappa shape index (κ1) is 11.9. The third-order valence-electron chi connectivity index (χ3n) is 3.55. The molecule has 1 saturated heterocycles. The number of ether oxygens (including phenoxy) is 1. The Morgan fingerprint density at radius 3 is 2.56 bits per heavy atom. The van der Waals surface area contributed by atoms with E-state index >= 15 is 0 Å². The molecule has 3 heteroatoms. The minimum absolute atomic E-state index is 0.0627. The van der Waals surface area contributed by atoms with Crippen molar-refractivity contribution in [3.8, 4) is 0 Å². The molecule has 92 valence electrons. The fourth-order valence-electron chi connectivity index (χ4n) is 2.88. The molecule has 1 heterocycles. The third-order valence-corrected chi connectivity index (χ3v) is 3.55. The van der Waals surface area contributed by atoms with Crippen molar-refractivity contribution in [2.45, 2.75) is 70.6 Å². The van der Waals surface area contributed by atoms with Gasteiger partial charge in [0.1, 0.15) is 11.6 Å². The SMILES string of the molecule is CC(C)(C)OC(=O)[C@H]1C[C@H]2CCCC[C@@H]2N1. The van der Waals surface area contributed by atoms with E-state index in [1.54, 1.807) is 0 Å². The summed E-state index contributed by atoms with van der Waals surface area (Å²) < 4.78 is 5.43. The van der Waals surface area contributed by atoms with E-state index in [1.165, 1.54) is 25.7 Å². The second-order valence-electron chi connectivity index (χ2n) is 6.14. The number of carbonyl (C=O) groups excluding carboxylic acids is 1. The second kappa shape index (κ2) is 4.36. The Hall–Kier alpha value is -0.570. The summed E-state index contributed by atoms with van der Waals surface area (Å²) in [5, 5.41) is 3.44. The Morgan fingerprint density at radius 1 is 1.25 bits per heavy atom. The zero-order chi connectivity index (χ0) is 11.8. The normalized spacial score (nSPS) is 34.6. The molecule has 0 amide bonds. The highest BCUT2D eigenvalue weighted by Gasteiger charge is 2.39. The van der Waals surface area contributed by atoms with E-state index in [9.17, 15) is 4.79 Å². The van der Waals surface area contributed by atoms with E-state index in [2.05, 4.69) is 5.32 Å². The molecule has 0 spiro atoms. The maximum atomic E-state index is 11.9. The maximum absolute atomic E-state index is 11.9. The van der Waals surface area contributed by atoms with Gasteiger partial charge in [-0.1, -0.05) is 12.8 Å². The van der Waals surface area contributed by atoms with Crippen molar-refractivity contribution in [1.29, 1.82) is 0 Å². The second-order valence-corrected chi connectivity index (χ2v) is 6.14.